The smallest absolute Gasteiger partial charge is 0.335 e. The van der Waals surface area contributed by atoms with Crippen LogP contribution in [-0.4, -0.2) is 103 Å². The van der Waals surface area contributed by atoms with E-state index in [9.17, 15) is 29.7 Å². The van der Waals surface area contributed by atoms with Gasteiger partial charge in [-0.05, 0) is 25.2 Å². The molecule has 0 saturated carbocycles. The van der Waals surface area contributed by atoms with Crippen LogP contribution in [0.2, 0.25) is 0 Å². The van der Waals surface area contributed by atoms with Crippen LogP contribution in [0.1, 0.15) is 42.2 Å². The maximum Gasteiger partial charge on any atom is 0.335 e. The fourth-order valence-electron chi connectivity index (χ4n) is 3.30. The molecule has 34 heavy (non-hydrogen) atoms. The predicted octanol–water partition coefficient (Wildman–Crippen LogP) is -1.79. The summed E-state index contributed by atoms with van der Waals surface area (Å²) < 4.78 is 0. The molecular weight excluding hydrogens is 454 g/mol. The number of phenolic OH excluding ortho intramolecular Hbond substituents is 2. The summed E-state index contributed by atoms with van der Waals surface area (Å²) in [5, 5.41) is 76.1. The van der Waals surface area contributed by atoms with Gasteiger partial charge in [0, 0.05) is 17.7 Å². The second kappa shape index (κ2) is 11.2. The van der Waals surface area contributed by atoms with Gasteiger partial charge in [-0.25, -0.2) is 4.79 Å². The van der Waals surface area contributed by atoms with Crippen LogP contribution in [0.15, 0.2) is 30.3 Å². The first-order chi connectivity index (χ1) is 16.0. The number of carbonyl (C=O) groups is 3. The van der Waals surface area contributed by atoms with Crippen molar-refractivity contribution in [2.45, 2.75) is 24.4 Å². The Balaban J connectivity index is 0.000000273. The number of carboxylic acid groups (broad SMARTS) is 1. The van der Waals surface area contributed by atoms with Crippen molar-refractivity contribution in [3.05, 3.63) is 58.1 Å². The van der Waals surface area contributed by atoms with E-state index < -0.39 is 54.3 Å². The van der Waals surface area contributed by atoms with E-state index in [1.165, 1.54) is 18.2 Å². The molecule has 12 nitrogen and oxygen atoms in total. The van der Waals surface area contributed by atoms with E-state index in [0.29, 0.717) is 0 Å². The van der Waals surface area contributed by atoms with E-state index in [1.807, 2.05) is 0 Å². The molecule has 0 fully saturated rings. The summed E-state index contributed by atoms with van der Waals surface area (Å²) in [6.07, 6.45) is -5.65. The number of likely N-dealkylation sites (N-methyl/N-ethyl adjacent to an activating group) is 1. The minimum atomic E-state index is -1.55. The number of fused-ring (bicyclic) bond motifs is 2. The number of nitrogens with one attached hydrogen (secondary N) is 1. The van der Waals surface area contributed by atoms with Crippen molar-refractivity contribution in [1.82, 2.24) is 5.32 Å². The third-order valence-electron chi connectivity index (χ3n) is 5.09. The zero-order valence-electron chi connectivity index (χ0n) is 17.9. The first-order valence-electron chi connectivity index (χ1n) is 9.95. The summed E-state index contributed by atoms with van der Waals surface area (Å²) in [7, 11) is 1.57. The molecule has 0 spiro atoms. The van der Waals surface area contributed by atoms with Gasteiger partial charge in [-0.2, -0.15) is 0 Å². The summed E-state index contributed by atoms with van der Waals surface area (Å²) in [4.78, 5) is 35.7. The van der Waals surface area contributed by atoms with Crippen LogP contribution < -0.4 is 5.32 Å². The van der Waals surface area contributed by atoms with Crippen LogP contribution in [0.3, 0.4) is 0 Å². The zero-order valence-corrected chi connectivity index (χ0v) is 17.9. The molecule has 0 saturated heterocycles. The van der Waals surface area contributed by atoms with Crippen LogP contribution in [0.25, 0.3) is 0 Å². The Hall–Kier alpha value is -3.39. The Morgan fingerprint density at radius 1 is 0.882 bits per heavy atom. The molecule has 0 bridgehead atoms. The molecule has 1 aliphatic rings. The zero-order chi connectivity index (χ0) is 25.7. The molecule has 4 atom stereocenters. The van der Waals surface area contributed by atoms with Crippen LogP contribution in [0.4, 0.5) is 0 Å². The highest BCUT2D eigenvalue weighted by atomic mass is 16.4. The number of carbonyl (C=O) groups excluding carboxylic acids is 2. The Morgan fingerprint density at radius 3 is 2.03 bits per heavy atom. The fraction of sp³-hybridized carbons (Fsp3) is 0.318. The van der Waals surface area contributed by atoms with Crippen molar-refractivity contribution in [3.63, 3.8) is 0 Å². The first-order valence-corrected chi connectivity index (χ1v) is 9.95. The number of rotatable bonds is 7. The van der Waals surface area contributed by atoms with Crippen molar-refractivity contribution < 1.29 is 55.2 Å². The van der Waals surface area contributed by atoms with Crippen LogP contribution >= 0.6 is 0 Å². The molecule has 3 rings (SSSR count). The standard InChI is InChI=1S/C15H8O6.C7H17NO5/c16-9-3-1-2-7-11(9)14(19)12-8(13(7)18)4-6(15(20)21)5-10(12)17;1-8-2-4(10)6(12)7(13)5(11)3-9/h1-5,16-17H,(H,20,21);4-13H,2-3H2,1H3/t;4-,5+,6+,7+/m.0/s1. The van der Waals surface area contributed by atoms with Gasteiger partial charge in [0.05, 0.1) is 29.4 Å². The topological polar surface area (TPSA) is 225 Å². The average molecular weight is 479 g/mol. The molecule has 184 valence electrons. The number of ketones is 2. The second-order valence-electron chi connectivity index (χ2n) is 7.44. The molecule has 0 radical (unpaired) electrons. The molecular formula is C22H25NO11. The average Bonchev–Trinajstić information content (AvgIpc) is 2.80. The van der Waals surface area contributed by atoms with Crippen molar-refractivity contribution in [2.24, 2.45) is 0 Å². The fourth-order valence-corrected chi connectivity index (χ4v) is 3.30. The molecule has 0 heterocycles. The normalized spacial score (nSPS) is 15.8. The largest absolute Gasteiger partial charge is 0.507 e. The summed E-state index contributed by atoms with van der Waals surface area (Å²) in [5.41, 5.74) is -0.978. The van der Waals surface area contributed by atoms with Gasteiger partial charge in [0.25, 0.3) is 0 Å². The summed E-state index contributed by atoms with van der Waals surface area (Å²) >= 11 is 0. The monoisotopic (exact) mass is 479 g/mol. The summed E-state index contributed by atoms with van der Waals surface area (Å²) in [5.74, 6) is -3.62. The molecule has 0 amide bonds. The van der Waals surface area contributed by atoms with Gasteiger partial charge < -0.3 is 46.2 Å². The highest BCUT2D eigenvalue weighted by Crippen LogP contribution is 2.37. The van der Waals surface area contributed by atoms with E-state index in [-0.39, 0.29) is 40.1 Å². The van der Waals surface area contributed by atoms with Gasteiger partial charge in [0.15, 0.2) is 5.78 Å². The number of carboxylic acids is 1. The van der Waals surface area contributed by atoms with Crippen LogP contribution in [0.5, 0.6) is 11.5 Å². The molecule has 9 N–H and O–H groups in total. The van der Waals surface area contributed by atoms with Crippen LogP contribution in [-0.2, 0) is 0 Å². The first kappa shape index (κ1) is 26.9. The molecule has 2 aromatic carbocycles. The van der Waals surface area contributed by atoms with E-state index in [4.69, 9.17) is 25.5 Å². The van der Waals surface area contributed by atoms with Crippen molar-refractivity contribution in [2.75, 3.05) is 20.2 Å². The van der Waals surface area contributed by atoms with Gasteiger partial charge in [0.2, 0.25) is 5.78 Å². The molecule has 0 unspecified atom stereocenters. The maximum absolute atomic E-state index is 12.4. The lowest BCUT2D eigenvalue weighted by Crippen LogP contribution is -2.48. The molecule has 0 aliphatic heterocycles. The van der Waals surface area contributed by atoms with Crippen LogP contribution in [0, 0.1) is 0 Å². The summed E-state index contributed by atoms with van der Waals surface area (Å²) in [6.45, 7) is -0.569. The number of benzene rings is 2. The van der Waals surface area contributed by atoms with Gasteiger partial charge in [0.1, 0.15) is 29.8 Å². The molecule has 12 heteroatoms. The Bertz CT molecular complexity index is 1080. The Labute approximate surface area is 193 Å². The number of aliphatic hydroxyl groups is 5. The molecule has 1 aliphatic carbocycles. The molecule has 2 aromatic rings. The second-order valence-corrected chi connectivity index (χ2v) is 7.44. The van der Waals surface area contributed by atoms with Crippen molar-refractivity contribution in [1.29, 1.82) is 0 Å². The Kier molecular flexibility index (Phi) is 8.81. The van der Waals surface area contributed by atoms with Crippen molar-refractivity contribution in [3.8, 4) is 11.5 Å². The van der Waals surface area contributed by atoms with E-state index >= 15 is 0 Å². The van der Waals surface area contributed by atoms with E-state index in [0.717, 1.165) is 12.1 Å². The minimum Gasteiger partial charge on any atom is -0.507 e. The quantitative estimate of drug-likeness (QED) is 0.183. The van der Waals surface area contributed by atoms with E-state index in [2.05, 4.69) is 5.32 Å². The van der Waals surface area contributed by atoms with Gasteiger partial charge in [-0.3, -0.25) is 9.59 Å². The van der Waals surface area contributed by atoms with Gasteiger partial charge in [-0.1, -0.05) is 12.1 Å². The third kappa shape index (κ3) is 5.39. The number of hydrogen-bond donors (Lipinski definition) is 9. The number of aromatic carboxylic acids is 1. The maximum atomic E-state index is 12.4. The number of hydrogen-bond acceptors (Lipinski definition) is 11. The van der Waals surface area contributed by atoms with Gasteiger partial charge in [-0.15, -0.1) is 0 Å². The number of aromatic hydroxyl groups is 2. The van der Waals surface area contributed by atoms with Gasteiger partial charge >= 0.3 is 5.97 Å². The predicted molar refractivity (Wildman–Crippen MR) is 115 cm³/mol. The van der Waals surface area contributed by atoms with Crippen molar-refractivity contribution >= 4 is 17.5 Å². The summed E-state index contributed by atoms with van der Waals surface area (Å²) in [6, 6.07) is 5.98. The minimum absolute atomic E-state index is 0.0190. The highest BCUT2D eigenvalue weighted by molar-refractivity contribution is 6.30. The lowest BCUT2D eigenvalue weighted by molar-refractivity contribution is -0.113. The Morgan fingerprint density at radius 2 is 1.47 bits per heavy atom. The third-order valence-corrected chi connectivity index (χ3v) is 5.09. The number of aliphatic hydroxyl groups excluding tert-OH is 5. The highest BCUT2D eigenvalue weighted by Gasteiger charge is 2.35. The van der Waals surface area contributed by atoms with E-state index in [1.54, 1.807) is 7.05 Å². The number of phenols is 2. The SMILES string of the molecule is CNC[C@H](O)[C@@H](O)[C@H](O)[C@H](O)CO.O=C(O)c1cc(O)c2c(c1)C(=O)c1cccc(O)c1C2=O. The lowest BCUT2D eigenvalue weighted by atomic mass is 9.82. The lowest BCUT2D eigenvalue weighted by Gasteiger charge is -2.25. The molecule has 0 aromatic heterocycles.